The first-order chi connectivity index (χ1) is 25.0. The van der Waals surface area contributed by atoms with E-state index in [0.717, 1.165) is 5.56 Å². The Morgan fingerprint density at radius 2 is 0.942 bits per heavy atom. The van der Waals surface area contributed by atoms with Gasteiger partial charge in [0.1, 0.15) is 36.5 Å². The van der Waals surface area contributed by atoms with Crippen molar-refractivity contribution in [2.45, 2.75) is 50.4 Å². The van der Waals surface area contributed by atoms with Crippen LogP contribution in [0, 0.1) is 0 Å². The van der Waals surface area contributed by atoms with Crippen LogP contribution in [0.5, 0.6) is 5.75 Å². The maximum atomic E-state index is 12.7. The Kier molecular flexibility index (Phi) is 21.2. The molecule has 0 aromatic heterocycles. The number of carbonyl (C=O) groups is 4. The van der Waals surface area contributed by atoms with Crippen molar-refractivity contribution in [3.8, 4) is 5.75 Å². The van der Waals surface area contributed by atoms with Gasteiger partial charge in [0.05, 0.1) is 39.6 Å². The van der Waals surface area contributed by atoms with Gasteiger partial charge in [0.2, 0.25) is 0 Å². The number of hydrogen-bond donors (Lipinski definition) is 7. The van der Waals surface area contributed by atoms with Crippen molar-refractivity contribution >= 4 is 23.9 Å². The van der Waals surface area contributed by atoms with Crippen molar-refractivity contribution in [2.24, 2.45) is 0 Å². The van der Waals surface area contributed by atoms with Crippen LogP contribution in [-0.4, -0.2) is 209 Å². The second-order valence-electron chi connectivity index (χ2n) is 12.3. The third-order valence-corrected chi connectivity index (χ3v) is 9.06. The molecule has 1 saturated heterocycles. The third kappa shape index (κ3) is 15.3. The standard InChI is InChI=1S/C34H56N4O14/c1-2-50-18-19-51-20-21-52-26-8-6-25(7-9-26)4-3-5-27(31(42)43)35-10-12-36(28(22-39)32(44)45)14-16-38(30(24-41)34(48)49)17-15-37(13-11-35)29(23-40)33(46)47/h6-9,27-30,39-41H,2-5,10-24H2,1H3,(H,42,43)(H,44,45)(H,46,47)(H,48,49)/t27-,28-,29-,30+/m0/s1. The maximum Gasteiger partial charge on any atom is 0.323 e. The number of carboxylic acid groups (broad SMARTS) is 4. The number of aliphatic hydroxyl groups excluding tert-OH is 3. The Balaban J connectivity index is 2.22. The van der Waals surface area contributed by atoms with Gasteiger partial charge in [-0.25, -0.2) is 0 Å². The van der Waals surface area contributed by atoms with Gasteiger partial charge in [0.15, 0.2) is 0 Å². The van der Waals surface area contributed by atoms with E-state index in [9.17, 15) is 54.9 Å². The fourth-order valence-electron chi connectivity index (χ4n) is 6.07. The van der Waals surface area contributed by atoms with Crippen LogP contribution in [0.4, 0.5) is 0 Å². The van der Waals surface area contributed by atoms with Gasteiger partial charge in [-0.05, 0) is 43.9 Å². The van der Waals surface area contributed by atoms with Gasteiger partial charge in [-0.2, -0.15) is 0 Å². The first-order valence-corrected chi connectivity index (χ1v) is 17.5. The van der Waals surface area contributed by atoms with E-state index < -0.39 is 67.9 Å². The van der Waals surface area contributed by atoms with Crippen LogP contribution in [0.2, 0.25) is 0 Å². The Hall–Kier alpha value is -3.46. The zero-order valence-corrected chi connectivity index (χ0v) is 29.8. The Morgan fingerprint density at radius 1 is 0.577 bits per heavy atom. The van der Waals surface area contributed by atoms with Crippen LogP contribution in [0.3, 0.4) is 0 Å². The molecule has 1 heterocycles. The lowest BCUT2D eigenvalue weighted by atomic mass is 10.0. The summed E-state index contributed by atoms with van der Waals surface area (Å²) >= 11 is 0. The number of nitrogens with zero attached hydrogens (tertiary/aromatic N) is 4. The molecule has 1 aliphatic heterocycles. The van der Waals surface area contributed by atoms with E-state index in [-0.39, 0.29) is 58.8 Å². The highest BCUT2D eigenvalue weighted by Crippen LogP contribution is 2.17. The molecular weight excluding hydrogens is 688 g/mol. The van der Waals surface area contributed by atoms with E-state index in [1.807, 2.05) is 31.2 Å². The molecule has 0 saturated carbocycles. The largest absolute Gasteiger partial charge is 0.491 e. The van der Waals surface area contributed by atoms with Crippen molar-refractivity contribution in [3.63, 3.8) is 0 Å². The van der Waals surface area contributed by atoms with Crippen LogP contribution in [0.1, 0.15) is 25.3 Å². The van der Waals surface area contributed by atoms with Crippen molar-refractivity contribution in [1.29, 1.82) is 0 Å². The van der Waals surface area contributed by atoms with Crippen LogP contribution >= 0.6 is 0 Å². The lowest BCUT2D eigenvalue weighted by Crippen LogP contribution is -2.57. The zero-order chi connectivity index (χ0) is 38.5. The molecule has 0 unspecified atom stereocenters. The van der Waals surface area contributed by atoms with Crippen molar-refractivity contribution in [1.82, 2.24) is 19.6 Å². The molecule has 296 valence electrons. The second-order valence-corrected chi connectivity index (χ2v) is 12.3. The molecule has 18 nitrogen and oxygen atoms in total. The summed E-state index contributed by atoms with van der Waals surface area (Å²) in [6.45, 7) is 1.81. The van der Waals surface area contributed by atoms with E-state index >= 15 is 0 Å². The first-order valence-electron chi connectivity index (χ1n) is 17.5. The van der Waals surface area contributed by atoms with Crippen LogP contribution in [0.15, 0.2) is 24.3 Å². The fraction of sp³-hybridized carbons (Fsp3) is 0.706. The first kappa shape index (κ1) is 44.7. The average molecular weight is 745 g/mol. The molecule has 1 aromatic rings. The van der Waals surface area contributed by atoms with E-state index in [2.05, 4.69) is 0 Å². The smallest absolute Gasteiger partial charge is 0.323 e. The van der Waals surface area contributed by atoms with E-state index in [4.69, 9.17) is 14.2 Å². The van der Waals surface area contributed by atoms with E-state index in [1.165, 1.54) is 14.7 Å². The predicted molar refractivity (Wildman–Crippen MR) is 185 cm³/mol. The molecule has 18 heteroatoms. The van der Waals surface area contributed by atoms with Gasteiger partial charge in [-0.15, -0.1) is 0 Å². The van der Waals surface area contributed by atoms with Crippen molar-refractivity contribution in [3.05, 3.63) is 29.8 Å². The minimum Gasteiger partial charge on any atom is -0.491 e. The Bertz CT molecular complexity index is 1170. The molecule has 52 heavy (non-hydrogen) atoms. The summed E-state index contributed by atoms with van der Waals surface area (Å²) in [6.07, 6.45) is 1.24. The summed E-state index contributed by atoms with van der Waals surface area (Å²) in [5, 5.41) is 69.5. The van der Waals surface area contributed by atoms with Gasteiger partial charge in [-0.1, -0.05) is 12.1 Å². The lowest BCUT2D eigenvalue weighted by Gasteiger charge is -2.39. The number of aliphatic carboxylic acids is 4. The summed E-state index contributed by atoms with van der Waals surface area (Å²) in [5.74, 6) is -4.43. The number of carboxylic acids is 4. The van der Waals surface area contributed by atoms with Gasteiger partial charge in [0.25, 0.3) is 0 Å². The van der Waals surface area contributed by atoms with Crippen molar-refractivity contribution in [2.75, 3.05) is 105 Å². The number of ether oxygens (including phenoxy) is 3. The number of aryl methyl sites for hydroxylation is 1. The van der Waals surface area contributed by atoms with Gasteiger partial charge < -0.3 is 50.0 Å². The Morgan fingerprint density at radius 3 is 1.31 bits per heavy atom. The molecule has 0 aliphatic carbocycles. The highest BCUT2D eigenvalue weighted by Gasteiger charge is 2.34. The third-order valence-electron chi connectivity index (χ3n) is 9.06. The normalized spacial score (nSPS) is 18.4. The lowest BCUT2D eigenvalue weighted by molar-refractivity contribution is -0.149. The summed E-state index contributed by atoms with van der Waals surface area (Å²) in [6, 6.07) is 2.29. The highest BCUT2D eigenvalue weighted by atomic mass is 16.5. The van der Waals surface area contributed by atoms with E-state index in [1.54, 1.807) is 4.90 Å². The number of benzene rings is 1. The monoisotopic (exact) mass is 744 g/mol. The number of aliphatic hydroxyl groups is 3. The molecule has 1 fully saturated rings. The molecule has 0 radical (unpaired) electrons. The number of rotatable bonds is 23. The van der Waals surface area contributed by atoms with Crippen molar-refractivity contribution < 1.29 is 69.1 Å². The summed E-state index contributed by atoms with van der Waals surface area (Å²) in [4.78, 5) is 54.6. The minimum absolute atomic E-state index is 0.0204. The predicted octanol–water partition coefficient (Wildman–Crippen LogP) is -1.55. The van der Waals surface area contributed by atoms with Gasteiger partial charge >= 0.3 is 23.9 Å². The average Bonchev–Trinajstić information content (AvgIpc) is 3.10. The minimum atomic E-state index is -1.38. The molecule has 0 bridgehead atoms. The van der Waals surface area contributed by atoms with Crippen LogP contribution in [-0.2, 0) is 35.1 Å². The molecule has 1 aromatic carbocycles. The van der Waals surface area contributed by atoms with E-state index in [0.29, 0.717) is 51.6 Å². The molecule has 0 spiro atoms. The van der Waals surface area contributed by atoms with Gasteiger partial charge in [0, 0.05) is 59.0 Å². The topological polar surface area (TPSA) is 251 Å². The summed E-state index contributed by atoms with van der Waals surface area (Å²) in [7, 11) is 0. The molecule has 2 rings (SSSR count). The maximum absolute atomic E-state index is 12.7. The fourth-order valence-corrected chi connectivity index (χ4v) is 6.07. The molecular formula is C34H56N4O14. The van der Waals surface area contributed by atoms with Gasteiger partial charge in [-0.3, -0.25) is 38.8 Å². The summed E-state index contributed by atoms with van der Waals surface area (Å²) in [5.41, 5.74) is 0.960. The Labute approximate surface area is 303 Å². The SMILES string of the molecule is CCOCCOCCOc1ccc(CCC[C@@H](C(=O)O)N2CCN([C@@H](CO)C(=O)O)CCN([C@H](CO)C(=O)O)CCN([C@@H](CO)C(=O)O)CC2)cc1. The molecule has 0 amide bonds. The second kappa shape index (κ2) is 24.7. The molecule has 1 aliphatic rings. The van der Waals surface area contributed by atoms with Crippen LogP contribution < -0.4 is 4.74 Å². The zero-order valence-electron chi connectivity index (χ0n) is 29.8. The summed E-state index contributed by atoms with van der Waals surface area (Å²) < 4.78 is 16.4. The number of hydrogen-bond acceptors (Lipinski definition) is 14. The quantitative estimate of drug-likeness (QED) is 0.0627. The molecule has 7 N–H and O–H groups in total. The highest BCUT2D eigenvalue weighted by molar-refractivity contribution is 5.75. The van der Waals surface area contributed by atoms with Crippen LogP contribution in [0.25, 0.3) is 0 Å². The molecule has 4 atom stereocenters.